The molecule has 0 saturated heterocycles. The summed E-state index contributed by atoms with van der Waals surface area (Å²) in [6.45, 7) is 0. The lowest BCUT2D eigenvalue weighted by molar-refractivity contribution is 0.0139. The average molecular weight is 375 g/mol. The fourth-order valence-corrected chi connectivity index (χ4v) is 3.65. The SMILES string of the molecule is COc1cc2c(cc1OC)C(N)(OC)c1cc(OC)c(OC)cc1C2OC. The van der Waals surface area contributed by atoms with Crippen LogP contribution in [0.25, 0.3) is 0 Å². The van der Waals surface area contributed by atoms with E-state index in [1.807, 2.05) is 24.3 Å². The monoisotopic (exact) mass is 375 g/mol. The number of benzene rings is 2. The van der Waals surface area contributed by atoms with Crippen molar-refractivity contribution in [2.45, 2.75) is 11.8 Å². The van der Waals surface area contributed by atoms with Gasteiger partial charge in [0.25, 0.3) is 0 Å². The van der Waals surface area contributed by atoms with Crippen molar-refractivity contribution < 1.29 is 28.4 Å². The Morgan fingerprint density at radius 2 is 1.04 bits per heavy atom. The number of rotatable bonds is 6. The predicted octanol–water partition coefficient (Wildman–Crippen LogP) is 2.58. The maximum absolute atomic E-state index is 6.76. The second-order valence-corrected chi connectivity index (χ2v) is 6.14. The number of nitrogens with two attached hydrogens (primary N) is 1. The normalized spacial score (nSPS) is 20.5. The molecular formula is C20H25NO6. The van der Waals surface area contributed by atoms with Gasteiger partial charge in [-0.05, 0) is 35.4 Å². The highest BCUT2D eigenvalue weighted by molar-refractivity contribution is 5.62. The second-order valence-electron chi connectivity index (χ2n) is 6.14. The fourth-order valence-electron chi connectivity index (χ4n) is 3.65. The summed E-state index contributed by atoms with van der Waals surface area (Å²) in [5.74, 6) is 2.28. The van der Waals surface area contributed by atoms with Crippen LogP contribution in [0.2, 0.25) is 0 Å². The topological polar surface area (TPSA) is 81.4 Å². The molecule has 0 fully saturated rings. The smallest absolute Gasteiger partial charge is 0.169 e. The molecule has 7 heteroatoms. The first-order valence-corrected chi connectivity index (χ1v) is 8.38. The van der Waals surface area contributed by atoms with Crippen LogP contribution in [0.15, 0.2) is 24.3 Å². The zero-order chi connectivity index (χ0) is 19.8. The number of hydrogen-bond acceptors (Lipinski definition) is 7. The van der Waals surface area contributed by atoms with E-state index < -0.39 is 5.72 Å². The lowest BCUT2D eigenvalue weighted by Crippen LogP contribution is -2.45. The number of methoxy groups -OCH3 is 6. The van der Waals surface area contributed by atoms with Gasteiger partial charge >= 0.3 is 0 Å². The van der Waals surface area contributed by atoms with Crippen LogP contribution in [0.3, 0.4) is 0 Å². The van der Waals surface area contributed by atoms with E-state index in [2.05, 4.69) is 0 Å². The zero-order valence-electron chi connectivity index (χ0n) is 16.4. The molecule has 2 aromatic carbocycles. The van der Waals surface area contributed by atoms with Gasteiger partial charge in [0, 0.05) is 25.3 Å². The van der Waals surface area contributed by atoms with Gasteiger partial charge in [0.2, 0.25) is 0 Å². The van der Waals surface area contributed by atoms with Gasteiger partial charge in [0.1, 0.15) is 6.10 Å². The summed E-state index contributed by atoms with van der Waals surface area (Å²) in [5.41, 5.74) is 8.66. The highest BCUT2D eigenvalue weighted by atomic mass is 16.5. The number of hydrogen-bond donors (Lipinski definition) is 1. The summed E-state index contributed by atoms with van der Waals surface area (Å²) in [6, 6.07) is 7.37. The Kier molecular flexibility index (Phi) is 5.19. The van der Waals surface area contributed by atoms with Crippen LogP contribution in [0, 0.1) is 0 Å². The predicted molar refractivity (Wildman–Crippen MR) is 99.9 cm³/mol. The van der Waals surface area contributed by atoms with Crippen molar-refractivity contribution in [3.8, 4) is 23.0 Å². The quantitative estimate of drug-likeness (QED) is 0.777. The fraction of sp³-hybridized carbons (Fsp3) is 0.400. The van der Waals surface area contributed by atoms with Crippen molar-refractivity contribution in [1.82, 2.24) is 0 Å². The summed E-state index contributed by atoms with van der Waals surface area (Å²) < 4.78 is 33.5. The van der Waals surface area contributed by atoms with Crippen LogP contribution in [0.4, 0.5) is 0 Å². The van der Waals surface area contributed by atoms with Crippen LogP contribution in [0.5, 0.6) is 23.0 Å². The van der Waals surface area contributed by atoms with Crippen LogP contribution in [-0.2, 0) is 15.2 Å². The lowest BCUT2D eigenvalue weighted by Gasteiger charge is -2.40. The van der Waals surface area contributed by atoms with Crippen molar-refractivity contribution in [3.05, 3.63) is 46.5 Å². The average Bonchev–Trinajstić information content (AvgIpc) is 2.72. The highest BCUT2D eigenvalue weighted by Gasteiger charge is 2.44. The highest BCUT2D eigenvalue weighted by Crippen LogP contribution is 2.50. The molecule has 7 nitrogen and oxygen atoms in total. The Hall–Kier alpha value is -2.48. The Balaban J connectivity index is 2.36. The van der Waals surface area contributed by atoms with E-state index in [0.29, 0.717) is 23.0 Å². The van der Waals surface area contributed by atoms with Crippen LogP contribution in [-0.4, -0.2) is 42.7 Å². The molecule has 1 aliphatic rings. The van der Waals surface area contributed by atoms with Crippen molar-refractivity contribution >= 4 is 0 Å². The van der Waals surface area contributed by atoms with Crippen molar-refractivity contribution in [3.63, 3.8) is 0 Å². The second kappa shape index (κ2) is 7.26. The Bertz CT molecular complexity index is 787. The van der Waals surface area contributed by atoms with E-state index in [1.54, 1.807) is 42.7 Å². The molecule has 3 rings (SSSR count). The van der Waals surface area contributed by atoms with Gasteiger partial charge in [0.15, 0.2) is 28.7 Å². The molecule has 27 heavy (non-hydrogen) atoms. The molecule has 0 atom stereocenters. The standard InChI is InChI=1S/C20H25NO6/c1-22-15-7-11-13(9-17(15)24-3)20(21,27-6)14-10-18(25-4)16(23-2)8-12(14)19(11)26-5/h7-10,19H,21H2,1-6H3. The first kappa shape index (κ1) is 19.3. The Morgan fingerprint density at radius 1 is 0.667 bits per heavy atom. The molecule has 0 aromatic heterocycles. The summed E-state index contributed by atoms with van der Waals surface area (Å²) in [6.07, 6.45) is -0.388. The minimum absolute atomic E-state index is 0.388. The van der Waals surface area contributed by atoms with Gasteiger partial charge in [-0.25, -0.2) is 0 Å². The molecule has 1 aliphatic carbocycles. The van der Waals surface area contributed by atoms with Crippen molar-refractivity contribution in [1.29, 1.82) is 0 Å². The van der Waals surface area contributed by atoms with E-state index in [1.165, 1.54) is 0 Å². The maximum atomic E-state index is 6.76. The van der Waals surface area contributed by atoms with E-state index in [0.717, 1.165) is 22.3 Å². The van der Waals surface area contributed by atoms with Gasteiger partial charge in [-0.1, -0.05) is 0 Å². The van der Waals surface area contributed by atoms with Crippen LogP contribution in [0.1, 0.15) is 28.4 Å². The molecule has 0 spiro atoms. The van der Waals surface area contributed by atoms with E-state index >= 15 is 0 Å². The summed E-state index contributed by atoms with van der Waals surface area (Å²) in [4.78, 5) is 0. The molecule has 2 aromatic rings. The molecule has 146 valence electrons. The van der Waals surface area contributed by atoms with Crippen LogP contribution >= 0.6 is 0 Å². The largest absolute Gasteiger partial charge is 0.493 e. The molecule has 0 saturated carbocycles. The van der Waals surface area contributed by atoms with Crippen molar-refractivity contribution in [2.75, 3.05) is 42.7 Å². The van der Waals surface area contributed by atoms with Gasteiger partial charge in [-0.15, -0.1) is 0 Å². The molecule has 0 amide bonds. The Labute approximate surface area is 158 Å². The van der Waals surface area contributed by atoms with Gasteiger partial charge in [-0.3, -0.25) is 5.73 Å². The summed E-state index contributed by atoms with van der Waals surface area (Å²) in [5, 5.41) is 0. The minimum Gasteiger partial charge on any atom is -0.493 e. The van der Waals surface area contributed by atoms with Gasteiger partial charge in [0.05, 0.1) is 28.4 Å². The Morgan fingerprint density at radius 3 is 1.33 bits per heavy atom. The first-order chi connectivity index (χ1) is 13.0. The van der Waals surface area contributed by atoms with Crippen LogP contribution < -0.4 is 24.7 Å². The maximum Gasteiger partial charge on any atom is 0.169 e. The molecule has 0 radical (unpaired) electrons. The van der Waals surface area contributed by atoms with Gasteiger partial charge < -0.3 is 28.4 Å². The molecule has 0 bridgehead atoms. The third-order valence-corrected chi connectivity index (χ3v) is 5.03. The lowest BCUT2D eigenvalue weighted by atomic mass is 9.77. The number of fused-ring (bicyclic) bond motifs is 2. The molecule has 0 heterocycles. The molecular weight excluding hydrogens is 350 g/mol. The third kappa shape index (κ3) is 2.79. The molecule has 0 aliphatic heterocycles. The van der Waals surface area contributed by atoms with Gasteiger partial charge in [-0.2, -0.15) is 0 Å². The van der Waals surface area contributed by atoms with Crippen molar-refractivity contribution in [2.24, 2.45) is 5.73 Å². The molecule has 0 unspecified atom stereocenters. The van der Waals surface area contributed by atoms with E-state index in [9.17, 15) is 0 Å². The van der Waals surface area contributed by atoms with E-state index in [4.69, 9.17) is 34.2 Å². The number of ether oxygens (including phenoxy) is 6. The summed E-state index contributed by atoms with van der Waals surface area (Å²) >= 11 is 0. The zero-order valence-corrected chi connectivity index (χ0v) is 16.4. The molecule has 2 N–H and O–H groups in total. The first-order valence-electron chi connectivity index (χ1n) is 8.38. The van der Waals surface area contributed by atoms with E-state index in [-0.39, 0.29) is 6.10 Å². The third-order valence-electron chi connectivity index (χ3n) is 5.03. The summed E-state index contributed by atoms with van der Waals surface area (Å²) in [7, 11) is 9.53. The minimum atomic E-state index is -1.22.